The van der Waals surface area contributed by atoms with Crippen LogP contribution in [0.3, 0.4) is 0 Å². The van der Waals surface area contributed by atoms with E-state index >= 15 is 0 Å². The normalized spacial score (nSPS) is 22.1. The monoisotopic (exact) mass is 541 g/mol. The quantitative estimate of drug-likeness (QED) is 0.345. The largest absolute Gasteiger partial charge is 0.384 e. The number of benzene rings is 1. The van der Waals surface area contributed by atoms with Crippen molar-refractivity contribution in [1.29, 1.82) is 0 Å². The van der Waals surface area contributed by atoms with Crippen molar-refractivity contribution in [3.05, 3.63) is 33.8 Å². The van der Waals surface area contributed by atoms with Crippen molar-refractivity contribution in [3.63, 3.8) is 0 Å². The Labute approximate surface area is 195 Å². The van der Waals surface area contributed by atoms with Crippen LogP contribution in [0.1, 0.15) is 24.8 Å². The number of nitrogens with zero attached hydrogens (tertiary/aromatic N) is 2. The molecular formula is C20H30Cl2IN3O2. The van der Waals surface area contributed by atoms with Gasteiger partial charge in [0.05, 0.1) is 6.61 Å². The molecule has 2 heterocycles. The van der Waals surface area contributed by atoms with Crippen molar-refractivity contribution in [2.45, 2.75) is 24.7 Å². The van der Waals surface area contributed by atoms with Gasteiger partial charge in [-0.25, -0.2) is 0 Å². The minimum absolute atomic E-state index is 0. The summed E-state index contributed by atoms with van der Waals surface area (Å²) in [4.78, 5) is 6.84. The molecule has 0 amide bonds. The fourth-order valence-corrected chi connectivity index (χ4v) is 4.81. The van der Waals surface area contributed by atoms with Gasteiger partial charge in [-0.05, 0) is 37.0 Å². The molecule has 2 saturated heterocycles. The lowest BCUT2D eigenvalue weighted by Crippen LogP contribution is -2.49. The van der Waals surface area contributed by atoms with E-state index < -0.39 is 0 Å². The van der Waals surface area contributed by atoms with Gasteiger partial charge in [0.15, 0.2) is 5.96 Å². The molecule has 2 aliphatic heterocycles. The number of aliphatic imine (C=N–C) groups is 1. The summed E-state index contributed by atoms with van der Waals surface area (Å²) in [5.74, 6) is 1.51. The van der Waals surface area contributed by atoms with E-state index in [0.29, 0.717) is 10.9 Å². The van der Waals surface area contributed by atoms with E-state index in [1.807, 2.05) is 19.2 Å². The predicted octanol–water partition coefficient (Wildman–Crippen LogP) is 4.20. The van der Waals surface area contributed by atoms with Gasteiger partial charge in [-0.2, -0.15) is 0 Å². The van der Waals surface area contributed by atoms with Gasteiger partial charge in [-0.15, -0.1) is 24.0 Å². The Hall–Kier alpha value is -0.280. The molecule has 28 heavy (non-hydrogen) atoms. The number of likely N-dealkylation sites (tertiary alicyclic amines) is 1. The zero-order chi connectivity index (χ0) is 19.3. The molecule has 5 nitrogen and oxygen atoms in total. The van der Waals surface area contributed by atoms with Crippen molar-refractivity contribution < 1.29 is 9.47 Å². The van der Waals surface area contributed by atoms with E-state index in [9.17, 15) is 0 Å². The first-order valence-electron chi connectivity index (χ1n) is 9.56. The molecule has 8 heteroatoms. The van der Waals surface area contributed by atoms with Crippen LogP contribution in [-0.2, 0) is 14.9 Å². The Bertz CT molecular complexity index is 669. The second-order valence-electron chi connectivity index (χ2n) is 7.47. The van der Waals surface area contributed by atoms with Gasteiger partial charge in [-0.1, -0.05) is 29.3 Å². The highest BCUT2D eigenvalue weighted by molar-refractivity contribution is 14.0. The molecular weight excluding hydrogens is 512 g/mol. The van der Waals surface area contributed by atoms with Gasteiger partial charge >= 0.3 is 0 Å². The maximum Gasteiger partial charge on any atom is 0.193 e. The molecule has 0 spiro atoms. The van der Waals surface area contributed by atoms with Crippen LogP contribution in [0.25, 0.3) is 0 Å². The van der Waals surface area contributed by atoms with E-state index in [4.69, 9.17) is 32.7 Å². The number of nitrogens with one attached hydrogen (secondary N) is 1. The van der Waals surface area contributed by atoms with Crippen LogP contribution in [0, 0.1) is 5.92 Å². The maximum atomic E-state index is 6.57. The summed E-state index contributed by atoms with van der Waals surface area (Å²) in [5.41, 5.74) is 1.06. The molecule has 2 fully saturated rings. The molecule has 0 aliphatic carbocycles. The van der Waals surface area contributed by atoms with E-state index in [1.54, 1.807) is 7.11 Å². The minimum atomic E-state index is -0.0818. The molecule has 3 rings (SSSR count). The number of ether oxygens (including phenoxy) is 2. The first kappa shape index (κ1) is 24.0. The number of hydrogen-bond donors (Lipinski definition) is 1. The Morgan fingerprint density at radius 2 is 2.11 bits per heavy atom. The van der Waals surface area contributed by atoms with E-state index in [-0.39, 0.29) is 29.4 Å². The second kappa shape index (κ2) is 11.2. The van der Waals surface area contributed by atoms with Gasteiger partial charge in [0.2, 0.25) is 0 Å². The molecule has 0 bridgehead atoms. The highest BCUT2D eigenvalue weighted by Gasteiger charge is 2.37. The third-order valence-corrected chi connectivity index (χ3v) is 6.28. The Morgan fingerprint density at radius 3 is 2.75 bits per heavy atom. The van der Waals surface area contributed by atoms with Gasteiger partial charge in [0, 0.05) is 68.4 Å². The van der Waals surface area contributed by atoms with Crippen LogP contribution in [0.4, 0.5) is 0 Å². The van der Waals surface area contributed by atoms with Crippen molar-refractivity contribution in [2.24, 2.45) is 10.9 Å². The number of rotatable bonds is 5. The second-order valence-corrected chi connectivity index (χ2v) is 8.32. The lowest BCUT2D eigenvalue weighted by Gasteiger charge is -2.39. The molecule has 1 aromatic carbocycles. The zero-order valence-electron chi connectivity index (χ0n) is 16.5. The summed E-state index contributed by atoms with van der Waals surface area (Å²) in [6.07, 6.45) is 2.98. The molecule has 1 unspecified atom stereocenters. The van der Waals surface area contributed by atoms with Gasteiger partial charge in [0.1, 0.15) is 0 Å². The number of methoxy groups -OCH3 is 1. The van der Waals surface area contributed by atoms with Crippen molar-refractivity contribution in [2.75, 3.05) is 53.6 Å². The highest BCUT2D eigenvalue weighted by atomic mass is 127. The third kappa shape index (κ3) is 5.65. The van der Waals surface area contributed by atoms with Gasteiger partial charge in [0.25, 0.3) is 0 Å². The molecule has 2 aliphatic rings. The van der Waals surface area contributed by atoms with E-state index in [1.165, 1.54) is 0 Å². The first-order valence-corrected chi connectivity index (χ1v) is 10.3. The zero-order valence-corrected chi connectivity index (χ0v) is 20.4. The highest BCUT2D eigenvalue weighted by Crippen LogP contribution is 2.39. The van der Waals surface area contributed by atoms with E-state index in [2.05, 4.69) is 21.3 Å². The van der Waals surface area contributed by atoms with Crippen LogP contribution in [0.5, 0.6) is 0 Å². The fourth-order valence-electron chi connectivity index (χ4n) is 4.20. The fraction of sp³-hybridized carbons (Fsp3) is 0.650. The smallest absolute Gasteiger partial charge is 0.193 e. The summed E-state index contributed by atoms with van der Waals surface area (Å²) in [5, 5.41) is 5.00. The maximum absolute atomic E-state index is 6.57. The molecule has 158 valence electrons. The summed E-state index contributed by atoms with van der Waals surface area (Å²) >= 11 is 12.7. The summed E-state index contributed by atoms with van der Waals surface area (Å²) in [6.45, 7) is 5.03. The lowest BCUT2D eigenvalue weighted by molar-refractivity contribution is 0.0512. The number of halogens is 3. The molecule has 0 radical (unpaired) electrons. The van der Waals surface area contributed by atoms with Crippen molar-refractivity contribution >= 4 is 53.1 Å². The minimum Gasteiger partial charge on any atom is -0.384 e. The third-order valence-electron chi connectivity index (χ3n) is 5.74. The summed E-state index contributed by atoms with van der Waals surface area (Å²) < 4.78 is 10.9. The molecule has 1 aromatic rings. The Morgan fingerprint density at radius 1 is 1.36 bits per heavy atom. The standard InChI is InChI=1S/C20H29Cl2N3O2.HI/c1-23-19(25-8-5-15(12-25)13-26-2)24-14-20(6-9-27-10-7-20)17-4-3-16(21)11-18(17)22;/h3-4,11,15H,5-10,12-14H2,1-2H3,(H,23,24);1H. The average Bonchev–Trinajstić information content (AvgIpc) is 3.12. The number of guanidine groups is 1. The van der Waals surface area contributed by atoms with Gasteiger partial charge < -0.3 is 19.7 Å². The SMILES string of the molecule is CN=C(NCC1(c2ccc(Cl)cc2Cl)CCOCC1)N1CCC(COC)C1.I. The van der Waals surface area contributed by atoms with Crippen LogP contribution < -0.4 is 5.32 Å². The van der Waals surface area contributed by atoms with Crippen LogP contribution >= 0.6 is 47.2 Å². The van der Waals surface area contributed by atoms with Crippen LogP contribution in [0.15, 0.2) is 23.2 Å². The first-order chi connectivity index (χ1) is 13.1. The van der Waals surface area contributed by atoms with Crippen LogP contribution in [0.2, 0.25) is 10.0 Å². The molecule has 0 saturated carbocycles. The van der Waals surface area contributed by atoms with Crippen molar-refractivity contribution in [3.8, 4) is 0 Å². The van der Waals surface area contributed by atoms with E-state index in [0.717, 1.165) is 75.3 Å². The average molecular weight is 542 g/mol. The lowest BCUT2D eigenvalue weighted by atomic mass is 9.74. The Kier molecular flexibility index (Phi) is 9.60. The molecule has 1 N–H and O–H groups in total. The summed E-state index contributed by atoms with van der Waals surface area (Å²) in [6, 6.07) is 5.82. The molecule has 0 aromatic heterocycles. The topological polar surface area (TPSA) is 46.1 Å². The van der Waals surface area contributed by atoms with Crippen molar-refractivity contribution in [1.82, 2.24) is 10.2 Å². The summed E-state index contributed by atoms with van der Waals surface area (Å²) in [7, 11) is 3.61. The Balaban J connectivity index is 0.00000280. The number of hydrogen-bond acceptors (Lipinski definition) is 3. The van der Waals surface area contributed by atoms with Crippen LogP contribution in [-0.4, -0.2) is 64.5 Å². The predicted molar refractivity (Wildman–Crippen MR) is 127 cm³/mol. The van der Waals surface area contributed by atoms with Gasteiger partial charge in [-0.3, -0.25) is 4.99 Å². The molecule has 1 atom stereocenters.